The summed E-state index contributed by atoms with van der Waals surface area (Å²) in [5.74, 6) is 0. The third-order valence-corrected chi connectivity index (χ3v) is 2.45. The maximum atomic E-state index is 4.44. The highest BCUT2D eigenvalue weighted by Crippen LogP contribution is 2.19. The zero-order valence-corrected chi connectivity index (χ0v) is 8.33. The molecule has 0 N–H and O–H groups in total. The summed E-state index contributed by atoms with van der Waals surface area (Å²) < 4.78 is 1.98. The third kappa shape index (κ3) is 1.22. The standard InChI is InChI=1S/C11H14N2/c1-4-11-9-7-8(2)5-6-10(9)12-13(11)3/h5-7H,4H2,1-3H3. The van der Waals surface area contributed by atoms with Crippen LogP contribution in [-0.2, 0) is 13.5 Å². The van der Waals surface area contributed by atoms with Crippen molar-refractivity contribution in [2.75, 3.05) is 0 Å². The molecule has 0 bridgehead atoms. The minimum atomic E-state index is 1.04. The minimum Gasteiger partial charge on any atom is -0.271 e. The van der Waals surface area contributed by atoms with Gasteiger partial charge in [0.1, 0.15) is 0 Å². The average molecular weight is 174 g/mol. The summed E-state index contributed by atoms with van der Waals surface area (Å²) >= 11 is 0. The van der Waals surface area contributed by atoms with Crippen LogP contribution >= 0.6 is 0 Å². The topological polar surface area (TPSA) is 17.8 Å². The molecule has 68 valence electrons. The van der Waals surface area contributed by atoms with Crippen LogP contribution in [0.15, 0.2) is 18.2 Å². The lowest BCUT2D eigenvalue weighted by Crippen LogP contribution is -1.95. The normalized spacial score (nSPS) is 11.0. The number of nitrogens with zero attached hydrogens (tertiary/aromatic N) is 2. The van der Waals surface area contributed by atoms with Gasteiger partial charge in [-0.05, 0) is 25.5 Å². The van der Waals surface area contributed by atoms with Crippen molar-refractivity contribution >= 4 is 10.9 Å². The van der Waals surface area contributed by atoms with Gasteiger partial charge in [0.05, 0.1) is 5.52 Å². The van der Waals surface area contributed by atoms with Crippen LogP contribution in [0.2, 0.25) is 0 Å². The summed E-state index contributed by atoms with van der Waals surface area (Å²) in [6.07, 6.45) is 1.04. The second-order valence-electron chi connectivity index (χ2n) is 3.44. The first-order chi connectivity index (χ1) is 6.22. The van der Waals surface area contributed by atoms with Crippen molar-refractivity contribution in [1.29, 1.82) is 0 Å². The number of hydrogen-bond acceptors (Lipinski definition) is 1. The van der Waals surface area contributed by atoms with Crippen LogP contribution in [0.5, 0.6) is 0 Å². The van der Waals surface area contributed by atoms with Gasteiger partial charge < -0.3 is 0 Å². The molecular formula is C11H14N2. The quantitative estimate of drug-likeness (QED) is 0.649. The lowest BCUT2D eigenvalue weighted by molar-refractivity contribution is 0.728. The maximum Gasteiger partial charge on any atom is 0.0926 e. The first kappa shape index (κ1) is 8.30. The Bertz CT molecular complexity index is 441. The van der Waals surface area contributed by atoms with Crippen molar-refractivity contribution in [1.82, 2.24) is 9.78 Å². The van der Waals surface area contributed by atoms with Crippen LogP contribution in [0, 0.1) is 6.92 Å². The number of aromatic nitrogens is 2. The van der Waals surface area contributed by atoms with Crippen molar-refractivity contribution < 1.29 is 0 Å². The molecule has 1 aromatic carbocycles. The van der Waals surface area contributed by atoms with Crippen LogP contribution in [-0.4, -0.2) is 9.78 Å². The second-order valence-corrected chi connectivity index (χ2v) is 3.44. The zero-order valence-electron chi connectivity index (χ0n) is 8.33. The van der Waals surface area contributed by atoms with Gasteiger partial charge >= 0.3 is 0 Å². The van der Waals surface area contributed by atoms with Crippen molar-refractivity contribution in [3.05, 3.63) is 29.5 Å². The van der Waals surface area contributed by atoms with Crippen LogP contribution in [0.1, 0.15) is 18.2 Å². The molecule has 13 heavy (non-hydrogen) atoms. The highest BCUT2D eigenvalue weighted by atomic mass is 15.3. The van der Waals surface area contributed by atoms with Crippen LogP contribution in [0.3, 0.4) is 0 Å². The van der Waals surface area contributed by atoms with E-state index in [9.17, 15) is 0 Å². The molecular weight excluding hydrogens is 160 g/mol. The number of rotatable bonds is 1. The summed E-state index contributed by atoms with van der Waals surface area (Å²) in [6, 6.07) is 6.40. The summed E-state index contributed by atoms with van der Waals surface area (Å²) in [5.41, 5.74) is 3.72. The maximum absolute atomic E-state index is 4.44. The fraction of sp³-hybridized carbons (Fsp3) is 0.364. The Balaban J connectivity index is 2.80. The van der Waals surface area contributed by atoms with Gasteiger partial charge in [-0.25, -0.2) is 0 Å². The van der Waals surface area contributed by atoms with Gasteiger partial charge in [0.2, 0.25) is 0 Å². The second kappa shape index (κ2) is 2.87. The molecule has 0 saturated carbocycles. The number of hydrogen-bond donors (Lipinski definition) is 0. The van der Waals surface area contributed by atoms with Crippen molar-refractivity contribution in [3.63, 3.8) is 0 Å². The zero-order chi connectivity index (χ0) is 9.42. The van der Waals surface area contributed by atoms with E-state index in [0.29, 0.717) is 0 Å². The molecule has 0 fully saturated rings. The van der Waals surface area contributed by atoms with Gasteiger partial charge in [0, 0.05) is 18.1 Å². The van der Waals surface area contributed by atoms with Gasteiger partial charge in [0.15, 0.2) is 0 Å². The van der Waals surface area contributed by atoms with E-state index >= 15 is 0 Å². The molecule has 0 atom stereocenters. The summed E-state index contributed by atoms with van der Waals surface area (Å²) in [4.78, 5) is 0. The van der Waals surface area contributed by atoms with E-state index < -0.39 is 0 Å². The van der Waals surface area contributed by atoms with Gasteiger partial charge in [-0.2, -0.15) is 5.10 Å². The lowest BCUT2D eigenvalue weighted by Gasteiger charge is -1.97. The van der Waals surface area contributed by atoms with E-state index in [2.05, 4.69) is 37.1 Å². The molecule has 0 radical (unpaired) electrons. The van der Waals surface area contributed by atoms with E-state index in [4.69, 9.17) is 0 Å². The Kier molecular flexibility index (Phi) is 1.83. The summed E-state index contributed by atoms with van der Waals surface area (Å²) in [5, 5.41) is 5.74. The van der Waals surface area contributed by atoms with E-state index in [0.717, 1.165) is 11.9 Å². The molecule has 0 aliphatic rings. The molecule has 2 aromatic rings. The predicted octanol–water partition coefficient (Wildman–Crippen LogP) is 2.44. The molecule has 0 aliphatic heterocycles. The van der Waals surface area contributed by atoms with Gasteiger partial charge in [-0.1, -0.05) is 18.6 Å². The highest BCUT2D eigenvalue weighted by Gasteiger charge is 2.05. The SMILES string of the molecule is CCc1c2cc(C)ccc2nn1C. The third-order valence-electron chi connectivity index (χ3n) is 2.45. The van der Waals surface area contributed by atoms with Crippen LogP contribution in [0.25, 0.3) is 10.9 Å². The van der Waals surface area contributed by atoms with Crippen LogP contribution in [0.4, 0.5) is 0 Å². The predicted molar refractivity (Wildman–Crippen MR) is 54.8 cm³/mol. The molecule has 1 heterocycles. The van der Waals surface area contributed by atoms with E-state index in [-0.39, 0.29) is 0 Å². The Morgan fingerprint density at radius 3 is 2.85 bits per heavy atom. The molecule has 0 saturated heterocycles. The van der Waals surface area contributed by atoms with Crippen molar-refractivity contribution in [2.24, 2.45) is 7.05 Å². The summed E-state index contributed by atoms with van der Waals surface area (Å²) in [7, 11) is 2.01. The first-order valence-corrected chi connectivity index (χ1v) is 4.64. The number of aryl methyl sites for hydroxylation is 3. The van der Waals surface area contributed by atoms with Crippen molar-refractivity contribution in [2.45, 2.75) is 20.3 Å². The Morgan fingerprint density at radius 2 is 2.15 bits per heavy atom. The molecule has 1 aromatic heterocycles. The van der Waals surface area contributed by atoms with Crippen LogP contribution < -0.4 is 0 Å². The lowest BCUT2D eigenvalue weighted by atomic mass is 10.1. The van der Waals surface area contributed by atoms with Gasteiger partial charge in [-0.15, -0.1) is 0 Å². The number of fused-ring (bicyclic) bond motifs is 1. The Morgan fingerprint density at radius 1 is 1.38 bits per heavy atom. The minimum absolute atomic E-state index is 1.04. The van der Waals surface area contributed by atoms with Gasteiger partial charge in [-0.3, -0.25) is 4.68 Å². The summed E-state index contributed by atoms with van der Waals surface area (Å²) in [6.45, 7) is 4.28. The molecule has 0 unspecified atom stereocenters. The molecule has 0 spiro atoms. The fourth-order valence-electron chi connectivity index (χ4n) is 1.78. The van der Waals surface area contributed by atoms with E-state index in [1.165, 1.54) is 16.6 Å². The Labute approximate surface area is 78.2 Å². The molecule has 2 heteroatoms. The van der Waals surface area contributed by atoms with E-state index in [1.54, 1.807) is 0 Å². The van der Waals surface area contributed by atoms with Gasteiger partial charge in [0.25, 0.3) is 0 Å². The molecule has 0 aliphatic carbocycles. The average Bonchev–Trinajstić information content (AvgIpc) is 2.40. The fourth-order valence-corrected chi connectivity index (χ4v) is 1.78. The first-order valence-electron chi connectivity index (χ1n) is 4.64. The smallest absolute Gasteiger partial charge is 0.0926 e. The van der Waals surface area contributed by atoms with E-state index in [1.807, 2.05) is 11.7 Å². The number of benzene rings is 1. The largest absolute Gasteiger partial charge is 0.271 e. The molecule has 0 amide bonds. The Hall–Kier alpha value is -1.31. The highest BCUT2D eigenvalue weighted by molar-refractivity contribution is 5.82. The molecule has 2 rings (SSSR count). The molecule has 2 nitrogen and oxygen atoms in total. The van der Waals surface area contributed by atoms with Crippen molar-refractivity contribution in [3.8, 4) is 0 Å². The monoisotopic (exact) mass is 174 g/mol.